The molecule has 204 valence electrons. The van der Waals surface area contributed by atoms with Gasteiger partial charge in [-0.3, -0.25) is 9.69 Å². The number of fused-ring (bicyclic) bond motifs is 2. The number of nitrogens with zero attached hydrogens (tertiary/aromatic N) is 3. The summed E-state index contributed by atoms with van der Waals surface area (Å²) in [4.78, 5) is 32.7. The highest BCUT2D eigenvalue weighted by atomic mass is 19.3. The van der Waals surface area contributed by atoms with Crippen molar-refractivity contribution in [1.29, 1.82) is 0 Å². The molecule has 1 aromatic rings. The molecule has 2 unspecified atom stereocenters. The van der Waals surface area contributed by atoms with Crippen molar-refractivity contribution in [2.45, 2.75) is 107 Å². The molecule has 1 saturated carbocycles. The van der Waals surface area contributed by atoms with Crippen molar-refractivity contribution < 1.29 is 18.4 Å². The molecule has 4 fully saturated rings. The van der Waals surface area contributed by atoms with Crippen molar-refractivity contribution in [3.8, 4) is 0 Å². The maximum absolute atomic E-state index is 13.6. The predicted octanol–water partition coefficient (Wildman–Crippen LogP) is 5.20. The number of rotatable bonds is 7. The quantitative estimate of drug-likeness (QED) is 0.542. The van der Waals surface area contributed by atoms with Crippen molar-refractivity contribution in [1.82, 2.24) is 20.0 Å². The maximum atomic E-state index is 13.6. The summed E-state index contributed by atoms with van der Waals surface area (Å²) in [6.07, 6.45) is 5.16. The summed E-state index contributed by atoms with van der Waals surface area (Å²) in [6, 6.07) is 11.1. The molecule has 8 heteroatoms. The zero-order chi connectivity index (χ0) is 26.4. The first-order valence-corrected chi connectivity index (χ1v) is 14.1. The minimum Gasteiger partial charge on any atom is -0.349 e. The number of hydrogen-bond acceptors (Lipinski definition) is 3. The Kier molecular flexibility index (Phi) is 7.24. The third kappa shape index (κ3) is 5.23. The van der Waals surface area contributed by atoms with E-state index in [1.807, 2.05) is 42.3 Å². The van der Waals surface area contributed by atoms with Crippen molar-refractivity contribution in [2.75, 3.05) is 20.1 Å². The summed E-state index contributed by atoms with van der Waals surface area (Å²) in [5.41, 5.74) is 0.977. The van der Waals surface area contributed by atoms with Crippen LogP contribution in [0.3, 0.4) is 0 Å². The highest BCUT2D eigenvalue weighted by Crippen LogP contribution is 2.47. The van der Waals surface area contributed by atoms with E-state index in [0.29, 0.717) is 12.1 Å². The summed E-state index contributed by atoms with van der Waals surface area (Å²) in [6.45, 7) is 5.91. The Bertz CT molecular complexity index is 963. The van der Waals surface area contributed by atoms with Gasteiger partial charge in [0.15, 0.2) is 0 Å². The molecule has 1 aromatic carbocycles. The molecule has 37 heavy (non-hydrogen) atoms. The Hall–Kier alpha value is -2.22. The van der Waals surface area contributed by atoms with Crippen LogP contribution in [0.1, 0.15) is 83.2 Å². The van der Waals surface area contributed by atoms with Crippen LogP contribution in [0.2, 0.25) is 0 Å². The molecule has 1 N–H and O–H groups in total. The molecular weight excluding hydrogens is 474 g/mol. The number of amides is 3. The SMILES string of the molecule is CC(C)N1C(=O)N(C)CC12CC1CCC(C2)N1CC[C@H](NC(=O)C1CCC(F)(F)CC1)c1ccccc1. The number of carbonyl (C=O) groups excluding carboxylic acids is 2. The fourth-order valence-electron chi connectivity index (χ4n) is 7.72. The fraction of sp³-hybridized carbons (Fsp3) is 0.724. The second-order valence-corrected chi connectivity index (χ2v) is 12.2. The Morgan fingerprint density at radius 2 is 1.68 bits per heavy atom. The van der Waals surface area contributed by atoms with E-state index in [1.165, 1.54) is 0 Å². The summed E-state index contributed by atoms with van der Waals surface area (Å²) in [5, 5.41) is 3.23. The van der Waals surface area contributed by atoms with E-state index in [1.54, 1.807) is 0 Å². The van der Waals surface area contributed by atoms with E-state index >= 15 is 0 Å². The fourth-order valence-corrected chi connectivity index (χ4v) is 7.72. The van der Waals surface area contributed by atoms with Gasteiger partial charge >= 0.3 is 6.03 Å². The van der Waals surface area contributed by atoms with Crippen LogP contribution in [0.5, 0.6) is 0 Å². The first-order chi connectivity index (χ1) is 17.6. The van der Waals surface area contributed by atoms with Gasteiger partial charge in [-0.2, -0.15) is 0 Å². The van der Waals surface area contributed by atoms with Crippen molar-refractivity contribution >= 4 is 11.9 Å². The number of hydrogen-bond donors (Lipinski definition) is 1. The minimum atomic E-state index is -2.63. The van der Waals surface area contributed by atoms with Crippen LogP contribution >= 0.6 is 0 Å². The van der Waals surface area contributed by atoms with Gasteiger partial charge in [0.25, 0.3) is 0 Å². The molecule has 2 bridgehead atoms. The number of urea groups is 1. The van der Waals surface area contributed by atoms with Crippen molar-refractivity contribution in [2.24, 2.45) is 5.92 Å². The van der Waals surface area contributed by atoms with Gasteiger partial charge in [-0.15, -0.1) is 0 Å². The van der Waals surface area contributed by atoms with Gasteiger partial charge in [-0.1, -0.05) is 30.3 Å². The number of benzene rings is 1. The third-order valence-electron chi connectivity index (χ3n) is 9.38. The Morgan fingerprint density at radius 3 is 2.27 bits per heavy atom. The number of carbonyl (C=O) groups is 2. The lowest BCUT2D eigenvalue weighted by atomic mass is 9.81. The molecule has 3 saturated heterocycles. The predicted molar refractivity (Wildman–Crippen MR) is 139 cm³/mol. The lowest BCUT2D eigenvalue weighted by Crippen LogP contribution is -2.60. The smallest absolute Gasteiger partial charge is 0.320 e. The summed E-state index contributed by atoms with van der Waals surface area (Å²) >= 11 is 0. The highest BCUT2D eigenvalue weighted by molar-refractivity contribution is 5.79. The Balaban J connectivity index is 1.25. The van der Waals surface area contributed by atoms with E-state index < -0.39 is 5.92 Å². The van der Waals surface area contributed by atoms with E-state index in [4.69, 9.17) is 0 Å². The van der Waals surface area contributed by atoms with Crippen LogP contribution < -0.4 is 5.32 Å². The highest BCUT2D eigenvalue weighted by Gasteiger charge is 2.57. The molecular formula is C29H42F2N4O2. The zero-order valence-electron chi connectivity index (χ0n) is 22.5. The van der Waals surface area contributed by atoms with Gasteiger partial charge < -0.3 is 15.1 Å². The number of nitrogens with one attached hydrogen (secondary N) is 1. The first kappa shape index (κ1) is 26.4. The standard InChI is InChI=1S/C29H42F2N4O2/c1-20(2)35-27(37)33(3)19-28(35)17-23-9-10-24(18-28)34(23)16-13-25(21-7-5-4-6-8-21)32-26(36)22-11-14-29(30,31)15-12-22/h4-8,20,22-25H,9-19H2,1-3H3,(H,32,36)/t23?,24?,25-,28?/m0/s1. The molecule has 3 atom stereocenters. The van der Waals surface area contributed by atoms with Gasteiger partial charge in [0.05, 0.1) is 11.6 Å². The van der Waals surface area contributed by atoms with Crippen LogP contribution in [0.4, 0.5) is 13.6 Å². The molecule has 3 aliphatic heterocycles. The molecule has 3 amide bonds. The lowest BCUT2D eigenvalue weighted by Gasteiger charge is -2.49. The molecule has 1 spiro atoms. The summed E-state index contributed by atoms with van der Waals surface area (Å²) < 4.78 is 27.3. The van der Waals surface area contributed by atoms with Gasteiger partial charge in [0.2, 0.25) is 11.8 Å². The zero-order valence-corrected chi connectivity index (χ0v) is 22.5. The summed E-state index contributed by atoms with van der Waals surface area (Å²) in [5.74, 6) is -3.06. The second kappa shape index (κ2) is 10.2. The molecule has 1 aliphatic carbocycles. The Morgan fingerprint density at radius 1 is 1.05 bits per heavy atom. The normalized spacial score (nSPS) is 30.9. The van der Waals surface area contributed by atoms with Crippen LogP contribution in [0.15, 0.2) is 30.3 Å². The Labute approximate surface area is 219 Å². The largest absolute Gasteiger partial charge is 0.349 e. The average Bonchev–Trinajstić information content (AvgIpc) is 3.24. The topological polar surface area (TPSA) is 55.9 Å². The van der Waals surface area contributed by atoms with Gasteiger partial charge in [-0.05, 0) is 64.4 Å². The number of piperidine rings is 1. The number of likely N-dealkylation sites (N-methyl/N-ethyl adjacent to an activating group) is 1. The van der Waals surface area contributed by atoms with Crippen LogP contribution in [0, 0.1) is 5.92 Å². The van der Waals surface area contributed by atoms with E-state index in [9.17, 15) is 18.4 Å². The molecule has 6 nitrogen and oxygen atoms in total. The number of alkyl halides is 2. The van der Waals surface area contributed by atoms with E-state index in [2.05, 4.69) is 29.0 Å². The lowest BCUT2D eigenvalue weighted by molar-refractivity contribution is -0.130. The molecule has 5 rings (SSSR count). The monoisotopic (exact) mass is 516 g/mol. The average molecular weight is 517 g/mol. The van der Waals surface area contributed by atoms with Crippen molar-refractivity contribution in [3.05, 3.63) is 35.9 Å². The third-order valence-corrected chi connectivity index (χ3v) is 9.38. The van der Waals surface area contributed by atoms with Crippen molar-refractivity contribution in [3.63, 3.8) is 0 Å². The van der Waals surface area contributed by atoms with Crippen LogP contribution in [-0.2, 0) is 4.79 Å². The van der Waals surface area contributed by atoms with E-state index in [-0.39, 0.29) is 61.2 Å². The van der Waals surface area contributed by atoms with E-state index in [0.717, 1.165) is 50.8 Å². The number of halogens is 2. The van der Waals surface area contributed by atoms with Crippen LogP contribution in [0.25, 0.3) is 0 Å². The summed E-state index contributed by atoms with van der Waals surface area (Å²) in [7, 11) is 1.92. The second-order valence-electron chi connectivity index (χ2n) is 12.2. The van der Waals surface area contributed by atoms with Crippen LogP contribution in [-0.4, -0.2) is 76.4 Å². The molecule has 0 radical (unpaired) electrons. The van der Waals surface area contributed by atoms with Gasteiger partial charge in [-0.25, -0.2) is 13.6 Å². The van der Waals surface area contributed by atoms with Gasteiger partial charge in [0.1, 0.15) is 0 Å². The molecule has 0 aromatic heterocycles. The molecule has 4 aliphatic rings. The first-order valence-electron chi connectivity index (χ1n) is 14.1. The molecule has 3 heterocycles. The van der Waals surface area contributed by atoms with Gasteiger partial charge in [0, 0.05) is 57.0 Å². The maximum Gasteiger partial charge on any atom is 0.320 e. The minimum absolute atomic E-state index is 0.0849.